The van der Waals surface area contributed by atoms with Crippen molar-refractivity contribution >= 4 is 10.1 Å². The summed E-state index contributed by atoms with van der Waals surface area (Å²) in [6.45, 7) is 0.223. The van der Waals surface area contributed by atoms with Crippen molar-refractivity contribution in [3.8, 4) is 0 Å². The second kappa shape index (κ2) is 5.90. The lowest BCUT2D eigenvalue weighted by Gasteiger charge is -2.29. The highest BCUT2D eigenvalue weighted by atomic mass is 32.2. The number of alkyl halides is 3. The monoisotopic (exact) mass is 325 g/mol. The van der Waals surface area contributed by atoms with Crippen LogP contribution in [0.15, 0.2) is 18.5 Å². The van der Waals surface area contributed by atoms with Crippen molar-refractivity contribution in [1.29, 1.82) is 0 Å². The minimum Gasteiger partial charge on any atom is -0.373 e. The zero-order valence-electron chi connectivity index (χ0n) is 10.9. The molecular formula is C12H14F3NO4S. The van der Waals surface area contributed by atoms with Gasteiger partial charge >= 0.3 is 6.18 Å². The van der Waals surface area contributed by atoms with Crippen LogP contribution in [0.5, 0.6) is 0 Å². The van der Waals surface area contributed by atoms with E-state index in [1.54, 1.807) is 0 Å². The van der Waals surface area contributed by atoms with Gasteiger partial charge in [0.1, 0.15) is 0 Å². The molecule has 0 saturated carbocycles. The van der Waals surface area contributed by atoms with Gasteiger partial charge in [-0.15, -0.1) is 0 Å². The number of rotatable bonds is 3. The average molecular weight is 325 g/mol. The van der Waals surface area contributed by atoms with E-state index in [1.807, 2.05) is 0 Å². The quantitative estimate of drug-likeness (QED) is 0.864. The largest absolute Gasteiger partial charge is 0.417 e. The fourth-order valence-electron chi connectivity index (χ4n) is 2.34. The van der Waals surface area contributed by atoms with E-state index in [9.17, 15) is 21.6 Å². The van der Waals surface area contributed by atoms with E-state index in [2.05, 4.69) is 4.98 Å². The first-order chi connectivity index (χ1) is 9.65. The van der Waals surface area contributed by atoms with Crippen LogP contribution in [0.1, 0.15) is 30.1 Å². The Morgan fingerprint density at radius 1 is 1.38 bits per heavy atom. The number of aromatic nitrogens is 1. The summed E-state index contributed by atoms with van der Waals surface area (Å²) < 4.78 is 73.9. The molecule has 5 nitrogen and oxygen atoms in total. The third-order valence-electron chi connectivity index (χ3n) is 3.30. The molecule has 1 aliphatic rings. The van der Waals surface area contributed by atoms with Gasteiger partial charge in [0.25, 0.3) is 10.1 Å². The topological polar surface area (TPSA) is 76.5 Å². The van der Waals surface area contributed by atoms with E-state index in [1.165, 1.54) is 6.20 Å². The Hall–Kier alpha value is -1.19. The van der Waals surface area contributed by atoms with Crippen molar-refractivity contribution in [2.75, 3.05) is 12.4 Å². The second-order valence-corrected chi connectivity index (χ2v) is 6.50. The molecule has 1 fully saturated rings. The molecule has 0 radical (unpaired) electrons. The highest BCUT2D eigenvalue weighted by Crippen LogP contribution is 2.35. The number of halogens is 3. The van der Waals surface area contributed by atoms with E-state index >= 15 is 0 Å². The summed E-state index contributed by atoms with van der Waals surface area (Å²) in [5.41, 5.74) is -0.620. The molecule has 118 valence electrons. The molecule has 0 amide bonds. The lowest BCUT2D eigenvalue weighted by Crippen LogP contribution is -2.25. The van der Waals surface area contributed by atoms with Gasteiger partial charge in [-0.2, -0.15) is 21.6 Å². The van der Waals surface area contributed by atoms with Gasteiger partial charge in [0.15, 0.2) is 0 Å². The summed E-state index contributed by atoms with van der Waals surface area (Å²) in [7, 11) is -4.11. The molecule has 1 saturated heterocycles. The van der Waals surface area contributed by atoms with Crippen molar-refractivity contribution in [3.05, 3.63) is 29.6 Å². The average Bonchev–Trinajstić information content (AvgIpc) is 2.36. The molecule has 21 heavy (non-hydrogen) atoms. The van der Waals surface area contributed by atoms with Crippen LogP contribution >= 0.6 is 0 Å². The van der Waals surface area contributed by atoms with Crippen molar-refractivity contribution < 1.29 is 30.9 Å². The van der Waals surface area contributed by atoms with Crippen LogP contribution in [-0.2, 0) is 21.0 Å². The number of pyridine rings is 1. The van der Waals surface area contributed by atoms with Crippen LogP contribution < -0.4 is 0 Å². The zero-order valence-corrected chi connectivity index (χ0v) is 11.7. The Bertz CT molecular complexity index is 603. The smallest absolute Gasteiger partial charge is 0.373 e. The maximum atomic E-state index is 12.6. The van der Waals surface area contributed by atoms with Gasteiger partial charge in [-0.05, 0) is 30.4 Å². The van der Waals surface area contributed by atoms with Gasteiger partial charge in [-0.3, -0.25) is 9.54 Å². The molecular weight excluding hydrogens is 311 g/mol. The standard InChI is InChI=1S/C12H14F3NO4S/c13-12(14,15)10-4-9(5-16-6-10)11-3-8(1-2-20-11)7-21(17,18)19/h4-6,8,11H,1-3,7H2,(H,17,18,19). The number of nitrogens with zero attached hydrogens (tertiary/aromatic N) is 1. The molecule has 0 spiro atoms. The first kappa shape index (κ1) is 16.2. The summed E-state index contributed by atoms with van der Waals surface area (Å²) in [6, 6.07) is 0.952. The molecule has 0 bridgehead atoms. The Kier molecular flexibility index (Phi) is 4.54. The third kappa shape index (κ3) is 4.65. The van der Waals surface area contributed by atoms with Crippen molar-refractivity contribution in [1.82, 2.24) is 4.98 Å². The maximum Gasteiger partial charge on any atom is 0.417 e. The van der Waals surface area contributed by atoms with E-state index in [0.29, 0.717) is 6.42 Å². The predicted octanol–water partition coefficient (Wildman–Crippen LogP) is 2.46. The summed E-state index contributed by atoms with van der Waals surface area (Å²) in [4.78, 5) is 3.56. The van der Waals surface area contributed by atoms with Crippen molar-refractivity contribution in [3.63, 3.8) is 0 Å². The molecule has 1 aliphatic heterocycles. The molecule has 2 heterocycles. The molecule has 1 aromatic rings. The fraction of sp³-hybridized carbons (Fsp3) is 0.583. The normalized spacial score (nSPS) is 24.0. The van der Waals surface area contributed by atoms with E-state index in [-0.39, 0.29) is 24.5 Å². The van der Waals surface area contributed by atoms with E-state index in [4.69, 9.17) is 9.29 Å². The van der Waals surface area contributed by atoms with Gasteiger partial charge in [0.2, 0.25) is 0 Å². The van der Waals surface area contributed by atoms with Crippen LogP contribution in [0.25, 0.3) is 0 Å². The summed E-state index contributed by atoms with van der Waals surface area (Å²) in [5, 5.41) is 0. The molecule has 2 atom stereocenters. The molecule has 0 aromatic carbocycles. The van der Waals surface area contributed by atoms with Crippen LogP contribution in [0, 0.1) is 5.92 Å². The van der Waals surface area contributed by atoms with E-state index < -0.39 is 33.7 Å². The Balaban J connectivity index is 2.15. The molecule has 2 unspecified atom stereocenters. The molecule has 1 aromatic heterocycles. The maximum absolute atomic E-state index is 12.6. The first-order valence-corrected chi connectivity index (χ1v) is 7.85. The molecule has 9 heteroatoms. The van der Waals surface area contributed by atoms with Gasteiger partial charge in [0.05, 0.1) is 17.4 Å². The molecule has 1 N–H and O–H groups in total. The molecule has 0 aliphatic carbocycles. The number of ether oxygens (including phenoxy) is 1. The Morgan fingerprint density at radius 2 is 2.10 bits per heavy atom. The highest BCUT2D eigenvalue weighted by molar-refractivity contribution is 7.85. The van der Waals surface area contributed by atoms with Gasteiger partial charge < -0.3 is 4.74 Å². The first-order valence-electron chi connectivity index (χ1n) is 6.24. The van der Waals surface area contributed by atoms with Gasteiger partial charge in [0, 0.05) is 19.0 Å². The second-order valence-electron chi connectivity index (χ2n) is 5.00. The van der Waals surface area contributed by atoms with Gasteiger partial charge in [-0.25, -0.2) is 0 Å². The lowest BCUT2D eigenvalue weighted by atomic mass is 9.93. The minimum absolute atomic E-state index is 0.223. The predicted molar refractivity (Wildman–Crippen MR) is 67.1 cm³/mol. The highest BCUT2D eigenvalue weighted by Gasteiger charge is 2.33. The van der Waals surface area contributed by atoms with Crippen molar-refractivity contribution in [2.45, 2.75) is 25.1 Å². The van der Waals surface area contributed by atoms with Crippen LogP contribution in [0.4, 0.5) is 13.2 Å². The number of hydrogen-bond donors (Lipinski definition) is 1. The fourth-order valence-corrected chi connectivity index (χ4v) is 3.23. The summed E-state index contributed by atoms with van der Waals surface area (Å²) in [6.07, 6.45) is -2.49. The summed E-state index contributed by atoms with van der Waals surface area (Å²) in [5.74, 6) is -0.771. The minimum atomic E-state index is -4.49. The molecule has 2 rings (SSSR count). The van der Waals surface area contributed by atoms with E-state index in [0.717, 1.165) is 12.3 Å². The number of hydrogen-bond acceptors (Lipinski definition) is 4. The summed E-state index contributed by atoms with van der Waals surface area (Å²) >= 11 is 0. The van der Waals surface area contributed by atoms with Crippen molar-refractivity contribution in [2.24, 2.45) is 5.92 Å². The third-order valence-corrected chi connectivity index (χ3v) is 4.19. The lowest BCUT2D eigenvalue weighted by molar-refractivity contribution is -0.138. The Labute approximate surface area is 119 Å². The van der Waals surface area contributed by atoms with Crippen LogP contribution in [0.3, 0.4) is 0 Å². The SMILES string of the molecule is O=S(=O)(O)CC1CCOC(c2cncc(C(F)(F)F)c2)C1. The van der Waals surface area contributed by atoms with Crippen LogP contribution in [0.2, 0.25) is 0 Å². The van der Waals surface area contributed by atoms with Gasteiger partial charge in [-0.1, -0.05) is 0 Å². The zero-order chi connectivity index (χ0) is 15.7. The van der Waals surface area contributed by atoms with Crippen LogP contribution in [-0.4, -0.2) is 30.3 Å². The Morgan fingerprint density at radius 3 is 2.71 bits per heavy atom.